The van der Waals surface area contributed by atoms with Crippen LogP contribution in [0.3, 0.4) is 0 Å². The Labute approximate surface area is 240 Å². The molecule has 1 aliphatic rings. The average Bonchev–Trinajstić information content (AvgIpc) is 3.55. The summed E-state index contributed by atoms with van der Waals surface area (Å²) < 4.78 is 75.1. The van der Waals surface area contributed by atoms with Gasteiger partial charge in [-0.1, -0.05) is 30.6 Å². The molecule has 3 heterocycles. The zero-order valence-corrected chi connectivity index (χ0v) is 23.1. The topological polar surface area (TPSA) is 148 Å². The van der Waals surface area contributed by atoms with Crippen molar-refractivity contribution in [2.45, 2.75) is 76.3 Å². The lowest BCUT2D eigenvalue weighted by atomic mass is 9.81. The lowest BCUT2D eigenvalue weighted by Crippen LogP contribution is -2.50. The number of amides is 2. The van der Waals surface area contributed by atoms with Gasteiger partial charge in [0.25, 0.3) is 17.4 Å². The van der Waals surface area contributed by atoms with Crippen LogP contribution in [0.1, 0.15) is 79.5 Å². The van der Waals surface area contributed by atoms with Crippen LogP contribution in [-0.2, 0) is 4.79 Å². The number of aromatic amines is 1. The fourth-order valence-corrected chi connectivity index (χ4v) is 5.02. The normalized spacial score (nSPS) is 16.9. The van der Waals surface area contributed by atoms with Crippen LogP contribution in [0.4, 0.5) is 27.6 Å². The number of alkyl halides is 4. The van der Waals surface area contributed by atoms with Gasteiger partial charge in [0.15, 0.2) is 0 Å². The molecule has 0 radical (unpaired) electrons. The third-order valence-corrected chi connectivity index (χ3v) is 7.21. The highest BCUT2D eigenvalue weighted by atomic mass is 35.5. The van der Waals surface area contributed by atoms with Gasteiger partial charge in [0.2, 0.25) is 18.3 Å². The molecular weight excluding hydrogens is 593 g/mol. The third kappa shape index (κ3) is 7.14. The number of carbonyl (C=O) groups excluding carboxylic acids is 2. The van der Waals surface area contributed by atoms with E-state index in [9.17, 15) is 36.3 Å². The molecule has 3 aromatic heterocycles. The van der Waals surface area contributed by atoms with Gasteiger partial charge in [-0.25, -0.2) is 22.7 Å². The molecule has 3 N–H and O–H groups in total. The maximum absolute atomic E-state index is 14.9. The van der Waals surface area contributed by atoms with Crippen molar-refractivity contribution in [2.24, 2.45) is 5.92 Å². The number of rotatable bonds is 10. The van der Waals surface area contributed by atoms with Gasteiger partial charge in [0.05, 0.1) is 17.9 Å². The first-order valence-corrected chi connectivity index (χ1v) is 13.3. The van der Waals surface area contributed by atoms with Crippen LogP contribution in [0, 0.1) is 11.9 Å². The Kier molecular flexibility index (Phi) is 9.33. The standard InChI is InChI=1S/C25H27ClF5N7O4/c1-11(2)19-14(10-42-37-19)22(39)33-20(12-3-5-25(30,31)6-4-12)24(41)32-15-9-38(36-21(15)29)16(8-18(27)28)13-7-17(26)34-35-23(13)40/h7,9-12,16,18,20H,3-6,8H2,1-2H3,(H,32,41)(H,33,39)(H,35,40)/t16-,20-/m0/s1. The summed E-state index contributed by atoms with van der Waals surface area (Å²) in [5, 5.41) is 17.5. The molecule has 0 aliphatic heterocycles. The van der Waals surface area contributed by atoms with E-state index < -0.39 is 78.6 Å². The molecule has 0 bridgehead atoms. The van der Waals surface area contributed by atoms with Crippen molar-refractivity contribution >= 4 is 29.1 Å². The molecule has 3 aromatic rings. The van der Waals surface area contributed by atoms with E-state index in [1.165, 1.54) is 0 Å². The van der Waals surface area contributed by atoms with Gasteiger partial charge >= 0.3 is 0 Å². The number of halogens is 6. The number of carbonyl (C=O) groups is 2. The Morgan fingerprint density at radius 3 is 2.60 bits per heavy atom. The molecule has 0 saturated heterocycles. The van der Waals surface area contributed by atoms with E-state index in [0.29, 0.717) is 5.69 Å². The van der Waals surface area contributed by atoms with Crippen LogP contribution in [0.25, 0.3) is 0 Å². The quantitative estimate of drug-likeness (QED) is 0.279. The second-order valence-electron chi connectivity index (χ2n) is 10.3. The maximum Gasteiger partial charge on any atom is 0.269 e. The number of hydrogen-bond donors (Lipinski definition) is 3. The third-order valence-electron chi connectivity index (χ3n) is 7.02. The molecule has 0 unspecified atom stereocenters. The number of nitrogens with zero attached hydrogens (tertiary/aromatic N) is 4. The second-order valence-corrected chi connectivity index (χ2v) is 10.7. The van der Waals surface area contributed by atoms with E-state index in [0.717, 1.165) is 23.2 Å². The van der Waals surface area contributed by atoms with E-state index in [2.05, 4.69) is 31.1 Å². The van der Waals surface area contributed by atoms with Crippen molar-refractivity contribution < 1.29 is 36.1 Å². The number of aromatic nitrogens is 5. The van der Waals surface area contributed by atoms with Crippen molar-refractivity contribution in [3.05, 3.63) is 56.8 Å². The largest absolute Gasteiger partial charge is 0.364 e. The molecule has 11 nitrogen and oxygen atoms in total. The number of hydrogen-bond acceptors (Lipinski definition) is 7. The fourth-order valence-electron chi connectivity index (χ4n) is 4.86. The summed E-state index contributed by atoms with van der Waals surface area (Å²) in [6.07, 6.45) is -3.18. The average molecular weight is 620 g/mol. The zero-order chi connectivity index (χ0) is 30.8. The maximum atomic E-state index is 14.9. The summed E-state index contributed by atoms with van der Waals surface area (Å²) in [7, 11) is 0. The molecular formula is C25H27ClF5N7O4. The Bertz CT molecular complexity index is 1480. The molecule has 2 amide bonds. The Morgan fingerprint density at radius 2 is 1.95 bits per heavy atom. The smallest absolute Gasteiger partial charge is 0.269 e. The molecule has 2 atom stereocenters. The van der Waals surface area contributed by atoms with Crippen LogP contribution >= 0.6 is 11.6 Å². The molecule has 0 spiro atoms. The van der Waals surface area contributed by atoms with Gasteiger partial charge in [0, 0.05) is 24.8 Å². The fraction of sp³-hybridized carbons (Fsp3) is 0.520. The SMILES string of the molecule is CC(C)c1nocc1C(=O)N[C@H](C(=O)Nc1cn([C@@H](CC(F)F)c2cc(Cl)n[nH]c2=O)nc1F)C1CCC(F)(F)CC1. The van der Waals surface area contributed by atoms with Gasteiger partial charge in [0.1, 0.15) is 28.7 Å². The van der Waals surface area contributed by atoms with Gasteiger partial charge in [-0.3, -0.25) is 19.1 Å². The summed E-state index contributed by atoms with van der Waals surface area (Å²) in [5.41, 5.74) is -1.34. The van der Waals surface area contributed by atoms with Crippen LogP contribution in [0.15, 0.2) is 27.8 Å². The van der Waals surface area contributed by atoms with Crippen molar-refractivity contribution in [2.75, 3.05) is 5.32 Å². The summed E-state index contributed by atoms with van der Waals surface area (Å²) in [5.74, 6) is -6.86. The molecule has 0 aromatic carbocycles. The molecule has 1 saturated carbocycles. The highest BCUT2D eigenvalue weighted by molar-refractivity contribution is 6.29. The first-order chi connectivity index (χ1) is 19.8. The van der Waals surface area contributed by atoms with E-state index >= 15 is 0 Å². The van der Waals surface area contributed by atoms with Gasteiger partial charge in [-0.15, -0.1) is 5.10 Å². The Balaban J connectivity index is 1.62. The molecule has 4 rings (SSSR count). The first-order valence-electron chi connectivity index (χ1n) is 13.0. The van der Waals surface area contributed by atoms with E-state index in [-0.39, 0.29) is 35.0 Å². The predicted octanol–water partition coefficient (Wildman–Crippen LogP) is 4.68. The van der Waals surface area contributed by atoms with Crippen molar-refractivity contribution in [1.29, 1.82) is 0 Å². The minimum atomic E-state index is -2.94. The lowest BCUT2D eigenvalue weighted by Gasteiger charge is -2.33. The Hall–Kier alpha value is -3.82. The summed E-state index contributed by atoms with van der Waals surface area (Å²) >= 11 is 5.80. The lowest BCUT2D eigenvalue weighted by molar-refractivity contribution is -0.121. The van der Waals surface area contributed by atoms with Crippen molar-refractivity contribution in [3.8, 4) is 0 Å². The van der Waals surface area contributed by atoms with Crippen LogP contribution < -0.4 is 16.2 Å². The number of anilines is 1. The van der Waals surface area contributed by atoms with Crippen molar-refractivity contribution in [3.63, 3.8) is 0 Å². The minimum absolute atomic E-state index is 0.0408. The molecule has 17 heteroatoms. The summed E-state index contributed by atoms with van der Waals surface area (Å²) in [6, 6.07) is -1.84. The van der Waals surface area contributed by atoms with E-state index in [1.807, 2.05) is 0 Å². The predicted molar refractivity (Wildman–Crippen MR) is 138 cm³/mol. The highest BCUT2D eigenvalue weighted by Gasteiger charge is 2.41. The second kappa shape index (κ2) is 12.6. The monoisotopic (exact) mass is 619 g/mol. The van der Waals surface area contributed by atoms with Crippen molar-refractivity contribution in [1.82, 2.24) is 30.5 Å². The summed E-state index contributed by atoms with van der Waals surface area (Å²) in [6.45, 7) is 3.52. The number of nitrogens with one attached hydrogen (secondary N) is 3. The molecule has 1 fully saturated rings. The highest BCUT2D eigenvalue weighted by Crippen LogP contribution is 2.38. The molecule has 42 heavy (non-hydrogen) atoms. The molecule has 228 valence electrons. The van der Waals surface area contributed by atoms with Gasteiger partial charge in [-0.05, 0) is 30.7 Å². The zero-order valence-electron chi connectivity index (χ0n) is 22.3. The van der Waals surface area contributed by atoms with Crippen LogP contribution in [-0.4, -0.2) is 55.3 Å². The molecule has 1 aliphatic carbocycles. The van der Waals surface area contributed by atoms with Gasteiger partial charge < -0.3 is 15.2 Å². The summed E-state index contributed by atoms with van der Waals surface area (Å²) in [4.78, 5) is 38.8. The van der Waals surface area contributed by atoms with E-state index in [4.69, 9.17) is 16.1 Å². The number of H-pyrrole nitrogens is 1. The Morgan fingerprint density at radius 1 is 1.26 bits per heavy atom. The first kappa shape index (κ1) is 31.1. The van der Waals surface area contributed by atoms with E-state index in [1.54, 1.807) is 13.8 Å². The minimum Gasteiger partial charge on any atom is -0.364 e. The van der Waals surface area contributed by atoms with Crippen LogP contribution in [0.2, 0.25) is 5.15 Å². The van der Waals surface area contributed by atoms with Crippen LogP contribution in [0.5, 0.6) is 0 Å². The van der Waals surface area contributed by atoms with Gasteiger partial charge in [-0.2, -0.15) is 9.49 Å².